The predicted molar refractivity (Wildman–Crippen MR) is 90.5 cm³/mol. The fourth-order valence-electron chi connectivity index (χ4n) is 4.48. The number of rotatable bonds is 5. The number of aliphatic carboxylic acids is 1. The molecular weight excluding hydrogens is 302 g/mol. The third-order valence-corrected chi connectivity index (χ3v) is 5.73. The molecule has 2 aromatic rings. The van der Waals surface area contributed by atoms with Gasteiger partial charge >= 0.3 is 5.97 Å². The van der Waals surface area contributed by atoms with E-state index in [1.165, 1.54) is 5.56 Å². The molecule has 1 saturated heterocycles. The summed E-state index contributed by atoms with van der Waals surface area (Å²) < 4.78 is 2.16. The quantitative estimate of drug-likeness (QED) is 0.918. The SMILES string of the molecule is O=C(O)[C@@]12CCC[C@H]1CN(Cc1nccn1Cc1ccccc1)C2. The summed E-state index contributed by atoms with van der Waals surface area (Å²) in [5.74, 6) is 0.701. The van der Waals surface area contributed by atoms with Crippen molar-refractivity contribution >= 4 is 5.97 Å². The number of imidazole rings is 1. The normalized spacial score (nSPS) is 26.6. The maximum atomic E-state index is 11.8. The monoisotopic (exact) mass is 325 g/mol. The number of benzene rings is 1. The van der Waals surface area contributed by atoms with Gasteiger partial charge in [-0.3, -0.25) is 9.69 Å². The highest BCUT2D eigenvalue weighted by atomic mass is 16.4. The van der Waals surface area contributed by atoms with Gasteiger partial charge in [0.25, 0.3) is 0 Å². The highest BCUT2D eigenvalue weighted by Crippen LogP contribution is 2.49. The molecule has 1 aliphatic heterocycles. The molecule has 1 aromatic carbocycles. The van der Waals surface area contributed by atoms with Crippen LogP contribution in [0.2, 0.25) is 0 Å². The third kappa shape index (κ3) is 2.63. The molecule has 2 atom stereocenters. The van der Waals surface area contributed by atoms with Crippen molar-refractivity contribution in [2.75, 3.05) is 13.1 Å². The Morgan fingerprint density at radius 1 is 1.29 bits per heavy atom. The minimum absolute atomic E-state index is 0.299. The van der Waals surface area contributed by atoms with Gasteiger partial charge in [-0.1, -0.05) is 36.8 Å². The molecule has 5 heteroatoms. The predicted octanol–water partition coefficient (Wildman–Crippen LogP) is 2.62. The summed E-state index contributed by atoms with van der Waals surface area (Å²) >= 11 is 0. The topological polar surface area (TPSA) is 58.4 Å². The van der Waals surface area contributed by atoms with Crippen LogP contribution in [0.3, 0.4) is 0 Å². The number of carbonyl (C=O) groups is 1. The molecule has 0 bridgehead atoms. The van der Waals surface area contributed by atoms with Crippen LogP contribution in [0.15, 0.2) is 42.7 Å². The van der Waals surface area contributed by atoms with Crippen LogP contribution < -0.4 is 0 Å². The first-order valence-electron chi connectivity index (χ1n) is 8.67. The van der Waals surface area contributed by atoms with Gasteiger partial charge in [0.1, 0.15) is 5.82 Å². The summed E-state index contributed by atoms with van der Waals surface area (Å²) in [5.41, 5.74) is 0.730. The number of hydrogen-bond donors (Lipinski definition) is 1. The number of carboxylic acids is 1. The number of nitrogens with zero attached hydrogens (tertiary/aromatic N) is 3. The van der Waals surface area contributed by atoms with E-state index in [4.69, 9.17) is 0 Å². The van der Waals surface area contributed by atoms with Crippen molar-refractivity contribution < 1.29 is 9.90 Å². The van der Waals surface area contributed by atoms with Gasteiger partial charge in [-0.05, 0) is 24.3 Å². The van der Waals surface area contributed by atoms with Gasteiger partial charge in [-0.25, -0.2) is 4.98 Å². The van der Waals surface area contributed by atoms with Crippen LogP contribution in [0.5, 0.6) is 0 Å². The van der Waals surface area contributed by atoms with E-state index in [9.17, 15) is 9.90 Å². The van der Waals surface area contributed by atoms with Crippen molar-refractivity contribution in [3.8, 4) is 0 Å². The highest BCUT2D eigenvalue weighted by molar-refractivity contribution is 5.76. The Kier molecular flexibility index (Phi) is 3.88. The second-order valence-corrected chi connectivity index (χ2v) is 7.18. The number of hydrogen-bond acceptors (Lipinski definition) is 3. The fraction of sp³-hybridized carbons (Fsp3) is 0.474. The molecule has 2 fully saturated rings. The Balaban J connectivity index is 1.48. The van der Waals surface area contributed by atoms with Crippen molar-refractivity contribution in [1.29, 1.82) is 0 Å². The zero-order valence-corrected chi connectivity index (χ0v) is 13.8. The first-order valence-corrected chi connectivity index (χ1v) is 8.67. The van der Waals surface area contributed by atoms with Crippen LogP contribution in [-0.4, -0.2) is 38.6 Å². The largest absolute Gasteiger partial charge is 0.481 e. The lowest BCUT2D eigenvalue weighted by molar-refractivity contribution is -0.149. The van der Waals surface area contributed by atoms with Crippen molar-refractivity contribution in [3.63, 3.8) is 0 Å². The van der Waals surface area contributed by atoms with Gasteiger partial charge in [-0.2, -0.15) is 0 Å². The van der Waals surface area contributed by atoms with E-state index in [1.807, 2.05) is 30.6 Å². The zero-order chi connectivity index (χ0) is 16.6. The lowest BCUT2D eigenvalue weighted by Gasteiger charge is -2.23. The second kappa shape index (κ2) is 6.06. The van der Waals surface area contributed by atoms with Crippen LogP contribution >= 0.6 is 0 Å². The minimum atomic E-state index is -0.611. The number of fused-ring (bicyclic) bond motifs is 1. The molecular formula is C19H23N3O2. The van der Waals surface area contributed by atoms with Crippen molar-refractivity contribution in [2.24, 2.45) is 11.3 Å². The van der Waals surface area contributed by atoms with Gasteiger partial charge in [0.05, 0.1) is 12.0 Å². The lowest BCUT2D eigenvalue weighted by atomic mass is 9.81. The van der Waals surface area contributed by atoms with Gasteiger partial charge in [-0.15, -0.1) is 0 Å². The van der Waals surface area contributed by atoms with E-state index < -0.39 is 11.4 Å². The zero-order valence-electron chi connectivity index (χ0n) is 13.8. The van der Waals surface area contributed by atoms with E-state index in [2.05, 4.69) is 26.6 Å². The fourth-order valence-corrected chi connectivity index (χ4v) is 4.48. The Morgan fingerprint density at radius 2 is 2.12 bits per heavy atom. The first kappa shape index (κ1) is 15.4. The maximum Gasteiger partial charge on any atom is 0.311 e. The van der Waals surface area contributed by atoms with Crippen LogP contribution in [-0.2, 0) is 17.9 Å². The van der Waals surface area contributed by atoms with Crippen molar-refractivity contribution in [3.05, 3.63) is 54.1 Å². The molecule has 0 spiro atoms. The molecule has 5 nitrogen and oxygen atoms in total. The molecule has 2 aliphatic rings. The molecule has 2 heterocycles. The van der Waals surface area contributed by atoms with Crippen LogP contribution in [0.4, 0.5) is 0 Å². The van der Waals surface area contributed by atoms with Crippen LogP contribution in [0, 0.1) is 11.3 Å². The van der Waals surface area contributed by atoms with Gasteiger partial charge < -0.3 is 9.67 Å². The Labute approximate surface area is 141 Å². The molecule has 24 heavy (non-hydrogen) atoms. The van der Waals surface area contributed by atoms with Crippen molar-refractivity contribution in [2.45, 2.75) is 32.4 Å². The van der Waals surface area contributed by atoms with E-state index in [1.54, 1.807) is 0 Å². The van der Waals surface area contributed by atoms with E-state index in [0.717, 1.165) is 44.7 Å². The van der Waals surface area contributed by atoms with Crippen LogP contribution in [0.25, 0.3) is 0 Å². The molecule has 0 unspecified atom stereocenters. The molecule has 1 saturated carbocycles. The summed E-state index contributed by atoms with van der Waals surface area (Å²) in [4.78, 5) is 18.6. The number of likely N-dealkylation sites (tertiary alicyclic amines) is 1. The number of aromatic nitrogens is 2. The van der Waals surface area contributed by atoms with Gasteiger partial charge in [0.15, 0.2) is 0 Å². The third-order valence-electron chi connectivity index (χ3n) is 5.73. The van der Waals surface area contributed by atoms with Gasteiger partial charge in [0.2, 0.25) is 0 Å². The van der Waals surface area contributed by atoms with Crippen LogP contribution in [0.1, 0.15) is 30.7 Å². The minimum Gasteiger partial charge on any atom is -0.481 e. The van der Waals surface area contributed by atoms with E-state index in [0.29, 0.717) is 12.5 Å². The smallest absolute Gasteiger partial charge is 0.311 e. The second-order valence-electron chi connectivity index (χ2n) is 7.18. The molecule has 4 rings (SSSR count). The average molecular weight is 325 g/mol. The maximum absolute atomic E-state index is 11.8. The summed E-state index contributed by atoms with van der Waals surface area (Å²) in [5, 5.41) is 9.72. The summed E-state index contributed by atoms with van der Waals surface area (Å²) in [6.07, 6.45) is 6.75. The molecule has 1 aliphatic carbocycles. The average Bonchev–Trinajstić information content (AvgIpc) is 3.24. The lowest BCUT2D eigenvalue weighted by Crippen LogP contribution is -2.35. The van der Waals surface area contributed by atoms with E-state index >= 15 is 0 Å². The standard InChI is InChI=1S/C19H23N3O2/c23-18(24)19-8-4-7-16(19)12-21(14-19)13-17-20-9-10-22(17)11-15-5-2-1-3-6-15/h1-3,5-6,9-10,16H,4,7-8,11-14H2,(H,23,24)/t16-,19+/m0/s1. The first-order chi connectivity index (χ1) is 11.7. The summed E-state index contributed by atoms with van der Waals surface area (Å²) in [6, 6.07) is 10.3. The van der Waals surface area contributed by atoms with Gasteiger partial charge in [0, 0.05) is 32.0 Å². The Morgan fingerprint density at radius 3 is 2.88 bits per heavy atom. The Hall–Kier alpha value is -2.14. The highest BCUT2D eigenvalue weighted by Gasteiger charge is 2.54. The van der Waals surface area contributed by atoms with E-state index in [-0.39, 0.29) is 0 Å². The molecule has 0 radical (unpaired) electrons. The molecule has 1 N–H and O–H groups in total. The Bertz CT molecular complexity index is 727. The summed E-state index contributed by atoms with van der Waals surface area (Å²) in [7, 11) is 0. The summed E-state index contributed by atoms with van der Waals surface area (Å²) in [6.45, 7) is 3.07. The molecule has 1 aromatic heterocycles. The number of carboxylic acid groups (broad SMARTS) is 1. The molecule has 126 valence electrons. The molecule has 0 amide bonds. The van der Waals surface area contributed by atoms with Crippen molar-refractivity contribution in [1.82, 2.24) is 14.5 Å².